The molecule has 3 aromatic carbocycles. The van der Waals surface area contributed by atoms with E-state index in [0.29, 0.717) is 22.9 Å². The van der Waals surface area contributed by atoms with E-state index >= 15 is 0 Å². The third kappa shape index (κ3) is 6.95. The average molecular weight is 473 g/mol. The maximum absolute atomic E-state index is 12.9. The molecule has 0 fully saturated rings. The SMILES string of the molecule is C[C@@H](C(=O)NCCOc1ccc(F)cc1)N(c1ccc(Oc2ccccc2)cc1)S(C)(=O)=O. The largest absolute Gasteiger partial charge is 0.492 e. The maximum Gasteiger partial charge on any atom is 0.243 e. The summed E-state index contributed by atoms with van der Waals surface area (Å²) < 4.78 is 50.1. The molecular weight excluding hydrogens is 447 g/mol. The van der Waals surface area contributed by atoms with E-state index in [1.165, 1.54) is 31.2 Å². The van der Waals surface area contributed by atoms with E-state index in [0.717, 1.165) is 10.6 Å². The number of para-hydroxylation sites is 1. The van der Waals surface area contributed by atoms with Crippen LogP contribution < -0.4 is 19.1 Å². The topological polar surface area (TPSA) is 84.9 Å². The molecule has 0 bridgehead atoms. The molecule has 1 atom stereocenters. The number of benzene rings is 3. The van der Waals surface area contributed by atoms with Crippen molar-refractivity contribution in [3.63, 3.8) is 0 Å². The van der Waals surface area contributed by atoms with Gasteiger partial charge in [0.15, 0.2) is 0 Å². The molecule has 0 spiro atoms. The Morgan fingerprint density at radius 1 is 0.939 bits per heavy atom. The predicted octanol–water partition coefficient (Wildman–Crippen LogP) is 3.97. The van der Waals surface area contributed by atoms with Gasteiger partial charge in [0.1, 0.15) is 35.7 Å². The van der Waals surface area contributed by atoms with Gasteiger partial charge in [0.05, 0.1) is 18.5 Å². The van der Waals surface area contributed by atoms with Gasteiger partial charge in [-0.15, -0.1) is 0 Å². The molecule has 0 heterocycles. The van der Waals surface area contributed by atoms with Crippen molar-refractivity contribution in [1.29, 1.82) is 0 Å². The lowest BCUT2D eigenvalue weighted by atomic mass is 10.2. The van der Waals surface area contributed by atoms with Crippen molar-refractivity contribution >= 4 is 21.6 Å². The summed E-state index contributed by atoms with van der Waals surface area (Å²) in [5.74, 6) is 0.807. The van der Waals surface area contributed by atoms with Crippen molar-refractivity contribution in [2.24, 2.45) is 0 Å². The van der Waals surface area contributed by atoms with Crippen LogP contribution in [0.4, 0.5) is 10.1 Å². The summed E-state index contributed by atoms with van der Waals surface area (Å²) >= 11 is 0. The number of ether oxygens (including phenoxy) is 2. The molecule has 1 amide bonds. The zero-order valence-electron chi connectivity index (χ0n) is 18.3. The smallest absolute Gasteiger partial charge is 0.243 e. The van der Waals surface area contributed by atoms with E-state index < -0.39 is 22.0 Å². The van der Waals surface area contributed by atoms with Crippen LogP contribution in [0.25, 0.3) is 0 Å². The molecule has 0 aliphatic carbocycles. The molecule has 3 rings (SSSR count). The normalized spacial score (nSPS) is 12.0. The molecular formula is C24H25FN2O5S. The first kappa shape index (κ1) is 24.1. The molecule has 0 unspecified atom stereocenters. The van der Waals surface area contributed by atoms with E-state index in [-0.39, 0.29) is 19.0 Å². The minimum atomic E-state index is -3.75. The van der Waals surface area contributed by atoms with Crippen LogP contribution in [0, 0.1) is 5.82 Å². The highest BCUT2D eigenvalue weighted by Crippen LogP contribution is 2.26. The molecule has 0 aliphatic heterocycles. The van der Waals surface area contributed by atoms with Gasteiger partial charge in [-0.25, -0.2) is 12.8 Å². The number of nitrogens with one attached hydrogen (secondary N) is 1. The molecule has 3 aromatic rings. The van der Waals surface area contributed by atoms with E-state index in [9.17, 15) is 17.6 Å². The summed E-state index contributed by atoms with van der Waals surface area (Å²) in [5, 5.41) is 2.66. The number of rotatable bonds is 10. The second kappa shape index (κ2) is 10.8. The quantitative estimate of drug-likeness (QED) is 0.452. The van der Waals surface area contributed by atoms with Crippen LogP contribution in [0.1, 0.15) is 6.92 Å². The number of halogens is 1. The van der Waals surface area contributed by atoms with Gasteiger partial charge in [-0.2, -0.15) is 0 Å². The summed E-state index contributed by atoms with van der Waals surface area (Å²) in [7, 11) is -3.75. The van der Waals surface area contributed by atoms with Gasteiger partial charge in [0, 0.05) is 0 Å². The number of anilines is 1. The molecule has 1 N–H and O–H groups in total. The van der Waals surface area contributed by atoms with Gasteiger partial charge < -0.3 is 14.8 Å². The summed E-state index contributed by atoms with van der Waals surface area (Å²) in [6.07, 6.45) is 1.04. The number of nitrogens with zero attached hydrogens (tertiary/aromatic N) is 1. The Balaban J connectivity index is 1.61. The van der Waals surface area contributed by atoms with Crippen LogP contribution in [0.15, 0.2) is 78.9 Å². The summed E-state index contributed by atoms with van der Waals surface area (Å²) in [5.41, 5.74) is 0.336. The van der Waals surface area contributed by atoms with Crippen molar-refractivity contribution in [2.75, 3.05) is 23.7 Å². The van der Waals surface area contributed by atoms with E-state index in [4.69, 9.17) is 9.47 Å². The Bertz CT molecular complexity index is 1150. The second-order valence-corrected chi connectivity index (χ2v) is 9.10. The van der Waals surface area contributed by atoms with Crippen molar-refractivity contribution in [3.8, 4) is 17.2 Å². The van der Waals surface area contributed by atoms with Crippen LogP contribution in [-0.2, 0) is 14.8 Å². The zero-order valence-corrected chi connectivity index (χ0v) is 19.1. The fourth-order valence-electron chi connectivity index (χ4n) is 3.12. The Morgan fingerprint density at radius 2 is 1.52 bits per heavy atom. The third-order valence-electron chi connectivity index (χ3n) is 4.64. The van der Waals surface area contributed by atoms with E-state index in [1.807, 2.05) is 30.3 Å². The van der Waals surface area contributed by atoms with Crippen LogP contribution in [0.5, 0.6) is 17.2 Å². The molecule has 0 saturated carbocycles. The molecule has 0 aliphatic rings. The lowest BCUT2D eigenvalue weighted by molar-refractivity contribution is -0.121. The Hall–Kier alpha value is -3.59. The van der Waals surface area contributed by atoms with Crippen molar-refractivity contribution in [1.82, 2.24) is 5.32 Å². The fourth-order valence-corrected chi connectivity index (χ4v) is 4.29. The number of carbonyl (C=O) groups excluding carboxylic acids is 1. The number of sulfonamides is 1. The highest BCUT2D eigenvalue weighted by molar-refractivity contribution is 7.92. The highest BCUT2D eigenvalue weighted by atomic mass is 32.2. The lowest BCUT2D eigenvalue weighted by Crippen LogP contribution is -2.48. The Kier molecular flexibility index (Phi) is 7.89. The fraction of sp³-hybridized carbons (Fsp3) is 0.208. The lowest BCUT2D eigenvalue weighted by Gasteiger charge is -2.28. The maximum atomic E-state index is 12.9. The first-order valence-corrected chi connectivity index (χ1v) is 12.1. The van der Waals surface area contributed by atoms with Crippen molar-refractivity contribution in [2.45, 2.75) is 13.0 Å². The molecule has 174 valence electrons. The van der Waals surface area contributed by atoms with Gasteiger partial charge in [0.25, 0.3) is 0 Å². The van der Waals surface area contributed by atoms with Gasteiger partial charge >= 0.3 is 0 Å². The van der Waals surface area contributed by atoms with E-state index in [1.54, 1.807) is 24.3 Å². The summed E-state index contributed by atoms with van der Waals surface area (Å²) in [4.78, 5) is 12.6. The second-order valence-electron chi connectivity index (χ2n) is 7.24. The van der Waals surface area contributed by atoms with Crippen molar-refractivity contribution < 1.29 is 27.1 Å². The average Bonchev–Trinajstić information content (AvgIpc) is 2.79. The number of hydrogen-bond acceptors (Lipinski definition) is 5. The van der Waals surface area contributed by atoms with Crippen LogP contribution >= 0.6 is 0 Å². The summed E-state index contributed by atoms with van der Waals surface area (Å²) in [6.45, 7) is 1.81. The monoisotopic (exact) mass is 472 g/mol. The van der Waals surface area contributed by atoms with Crippen LogP contribution in [0.2, 0.25) is 0 Å². The standard InChI is InChI=1S/C24H25FN2O5S/c1-18(24(28)26-16-17-31-21-12-8-19(25)9-13-21)27(33(2,29)30)20-10-14-23(15-11-20)32-22-6-4-3-5-7-22/h3-15,18H,16-17H2,1-2H3,(H,26,28)/t18-/m0/s1. The molecule has 7 nitrogen and oxygen atoms in total. The first-order chi connectivity index (χ1) is 15.7. The van der Waals surface area contributed by atoms with Crippen molar-refractivity contribution in [3.05, 3.63) is 84.7 Å². The molecule has 0 radical (unpaired) electrons. The Labute approximate surface area is 192 Å². The number of amides is 1. The minimum absolute atomic E-state index is 0.147. The third-order valence-corrected chi connectivity index (χ3v) is 5.88. The molecule has 33 heavy (non-hydrogen) atoms. The highest BCUT2D eigenvalue weighted by Gasteiger charge is 2.29. The van der Waals surface area contributed by atoms with Gasteiger partial charge in [-0.3, -0.25) is 9.10 Å². The molecule has 0 aromatic heterocycles. The Morgan fingerprint density at radius 3 is 2.12 bits per heavy atom. The van der Waals surface area contributed by atoms with Gasteiger partial charge in [-0.05, 0) is 67.6 Å². The first-order valence-electron chi connectivity index (χ1n) is 10.2. The zero-order chi connectivity index (χ0) is 23.8. The van der Waals surface area contributed by atoms with Gasteiger partial charge in [-0.1, -0.05) is 18.2 Å². The van der Waals surface area contributed by atoms with Crippen LogP contribution in [-0.4, -0.2) is 39.8 Å². The van der Waals surface area contributed by atoms with Gasteiger partial charge in [0.2, 0.25) is 15.9 Å². The predicted molar refractivity (Wildman–Crippen MR) is 125 cm³/mol. The van der Waals surface area contributed by atoms with Crippen LogP contribution in [0.3, 0.4) is 0 Å². The number of carbonyl (C=O) groups is 1. The van der Waals surface area contributed by atoms with E-state index in [2.05, 4.69) is 5.32 Å². The number of hydrogen-bond donors (Lipinski definition) is 1. The summed E-state index contributed by atoms with van der Waals surface area (Å²) in [6, 6.07) is 20.2. The minimum Gasteiger partial charge on any atom is -0.492 e. The molecule has 0 saturated heterocycles. The molecule has 9 heteroatoms.